The van der Waals surface area contributed by atoms with E-state index in [-0.39, 0.29) is 11.3 Å². The Morgan fingerprint density at radius 3 is 2.35 bits per heavy atom. The summed E-state index contributed by atoms with van der Waals surface area (Å²) in [7, 11) is 1.87. The van der Waals surface area contributed by atoms with Crippen molar-refractivity contribution in [2.75, 3.05) is 19.3 Å². The van der Waals surface area contributed by atoms with Crippen LogP contribution in [0.5, 0.6) is 0 Å². The van der Waals surface area contributed by atoms with Gasteiger partial charge in [0.15, 0.2) is 0 Å². The quantitative estimate of drug-likeness (QED) is 0.765. The summed E-state index contributed by atoms with van der Waals surface area (Å²) < 4.78 is 0. The zero-order chi connectivity index (χ0) is 12.9. The highest BCUT2D eigenvalue weighted by Gasteiger charge is 2.24. The van der Waals surface area contributed by atoms with Crippen LogP contribution in [0.25, 0.3) is 0 Å². The van der Waals surface area contributed by atoms with Crippen LogP contribution in [0.15, 0.2) is 35.2 Å². The van der Waals surface area contributed by atoms with Crippen LogP contribution < -0.4 is 0 Å². The molecule has 2 nitrogen and oxygen atoms in total. The molecular formula is C14H21NOS. The van der Waals surface area contributed by atoms with Crippen LogP contribution >= 0.6 is 11.8 Å². The number of benzene rings is 1. The molecule has 0 aliphatic heterocycles. The molecule has 1 aromatic carbocycles. The van der Waals surface area contributed by atoms with Gasteiger partial charge in [0.05, 0.1) is 0 Å². The summed E-state index contributed by atoms with van der Waals surface area (Å²) in [6, 6.07) is 10.3. The van der Waals surface area contributed by atoms with Crippen molar-refractivity contribution in [1.82, 2.24) is 4.90 Å². The van der Waals surface area contributed by atoms with Crippen LogP contribution in [0.1, 0.15) is 20.8 Å². The number of nitrogens with zero attached hydrogens (tertiary/aromatic N) is 1. The number of rotatable bonds is 4. The monoisotopic (exact) mass is 251 g/mol. The van der Waals surface area contributed by atoms with Gasteiger partial charge in [-0.05, 0) is 12.1 Å². The van der Waals surface area contributed by atoms with Crippen molar-refractivity contribution >= 4 is 17.7 Å². The van der Waals surface area contributed by atoms with Gasteiger partial charge in [0.25, 0.3) is 0 Å². The first-order valence-corrected chi connectivity index (χ1v) is 6.83. The number of amides is 1. The second-order valence-electron chi connectivity index (χ2n) is 5.14. The molecule has 0 N–H and O–H groups in total. The maximum atomic E-state index is 11.9. The SMILES string of the molecule is CN(CCSc1ccccc1)C(=O)C(C)(C)C. The van der Waals surface area contributed by atoms with Crippen LogP contribution in [0.2, 0.25) is 0 Å². The topological polar surface area (TPSA) is 20.3 Å². The van der Waals surface area contributed by atoms with Crippen molar-refractivity contribution < 1.29 is 4.79 Å². The minimum Gasteiger partial charge on any atom is -0.344 e. The van der Waals surface area contributed by atoms with Crippen LogP contribution in [0.4, 0.5) is 0 Å². The van der Waals surface area contributed by atoms with E-state index in [9.17, 15) is 4.79 Å². The van der Waals surface area contributed by atoms with Gasteiger partial charge in [0.1, 0.15) is 0 Å². The number of hydrogen-bond acceptors (Lipinski definition) is 2. The molecule has 0 bridgehead atoms. The highest BCUT2D eigenvalue weighted by molar-refractivity contribution is 7.99. The number of carbonyl (C=O) groups is 1. The van der Waals surface area contributed by atoms with Gasteiger partial charge in [-0.1, -0.05) is 39.0 Å². The van der Waals surface area contributed by atoms with Crippen LogP contribution in [0.3, 0.4) is 0 Å². The van der Waals surface area contributed by atoms with Gasteiger partial charge in [0, 0.05) is 29.7 Å². The van der Waals surface area contributed by atoms with Crippen LogP contribution in [-0.4, -0.2) is 30.2 Å². The molecule has 0 unspecified atom stereocenters. The standard InChI is InChI=1S/C14H21NOS/c1-14(2,3)13(16)15(4)10-11-17-12-8-6-5-7-9-12/h5-9H,10-11H2,1-4H3. The normalized spacial score (nSPS) is 11.3. The second-order valence-corrected chi connectivity index (χ2v) is 6.31. The number of thioether (sulfide) groups is 1. The highest BCUT2D eigenvalue weighted by Crippen LogP contribution is 2.19. The fraction of sp³-hybridized carbons (Fsp3) is 0.500. The summed E-state index contributed by atoms with van der Waals surface area (Å²) in [5, 5.41) is 0. The highest BCUT2D eigenvalue weighted by atomic mass is 32.2. The summed E-state index contributed by atoms with van der Waals surface area (Å²) in [6.07, 6.45) is 0. The van der Waals surface area contributed by atoms with Gasteiger partial charge in [-0.3, -0.25) is 4.79 Å². The minimum absolute atomic E-state index is 0.200. The van der Waals surface area contributed by atoms with Crippen molar-refractivity contribution in [2.45, 2.75) is 25.7 Å². The van der Waals surface area contributed by atoms with E-state index >= 15 is 0 Å². The molecule has 3 heteroatoms. The van der Waals surface area contributed by atoms with E-state index in [2.05, 4.69) is 12.1 Å². The molecule has 0 radical (unpaired) electrons. The molecule has 17 heavy (non-hydrogen) atoms. The van der Waals surface area contributed by atoms with E-state index in [1.54, 1.807) is 11.8 Å². The van der Waals surface area contributed by atoms with Gasteiger partial charge < -0.3 is 4.90 Å². The van der Waals surface area contributed by atoms with Crippen molar-refractivity contribution in [3.8, 4) is 0 Å². The lowest BCUT2D eigenvalue weighted by Gasteiger charge is -2.25. The smallest absolute Gasteiger partial charge is 0.227 e. The first-order valence-electron chi connectivity index (χ1n) is 5.84. The third kappa shape index (κ3) is 4.82. The van der Waals surface area contributed by atoms with Crippen LogP contribution in [-0.2, 0) is 4.79 Å². The first-order chi connectivity index (χ1) is 7.91. The van der Waals surface area contributed by atoms with Crippen LogP contribution in [0, 0.1) is 5.41 Å². The van der Waals surface area contributed by atoms with E-state index in [1.807, 2.05) is 50.9 Å². The van der Waals surface area contributed by atoms with Gasteiger partial charge in [0.2, 0.25) is 5.91 Å². The summed E-state index contributed by atoms with van der Waals surface area (Å²) in [6.45, 7) is 6.65. The summed E-state index contributed by atoms with van der Waals surface area (Å²) >= 11 is 1.78. The second kappa shape index (κ2) is 6.10. The summed E-state index contributed by atoms with van der Waals surface area (Å²) in [5.41, 5.74) is -0.286. The third-order valence-corrected chi connectivity index (χ3v) is 3.42. The number of carbonyl (C=O) groups excluding carboxylic acids is 1. The predicted molar refractivity (Wildman–Crippen MR) is 74.3 cm³/mol. The van der Waals surface area contributed by atoms with Gasteiger partial charge in [-0.2, -0.15) is 0 Å². The first kappa shape index (κ1) is 14.1. The van der Waals surface area contributed by atoms with Crippen molar-refractivity contribution in [1.29, 1.82) is 0 Å². The molecule has 0 aliphatic carbocycles. The Bertz CT molecular complexity index is 356. The largest absolute Gasteiger partial charge is 0.344 e. The molecule has 0 heterocycles. The molecule has 1 aromatic rings. The third-order valence-electron chi connectivity index (χ3n) is 2.43. The molecule has 1 rings (SSSR count). The summed E-state index contributed by atoms with van der Waals surface area (Å²) in [4.78, 5) is 15.0. The molecule has 0 saturated carbocycles. The summed E-state index contributed by atoms with van der Waals surface area (Å²) in [5.74, 6) is 1.13. The van der Waals surface area contributed by atoms with Crippen molar-refractivity contribution in [3.05, 3.63) is 30.3 Å². The molecule has 0 aliphatic rings. The van der Waals surface area contributed by atoms with Gasteiger partial charge in [-0.25, -0.2) is 0 Å². The zero-order valence-corrected chi connectivity index (χ0v) is 11.9. The Balaban J connectivity index is 2.35. The number of hydrogen-bond donors (Lipinski definition) is 0. The maximum absolute atomic E-state index is 11.9. The van der Waals surface area contributed by atoms with Crippen molar-refractivity contribution in [3.63, 3.8) is 0 Å². The molecular weight excluding hydrogens is 230 g/mol. The average molecular weight is 251 g/mol. The molecule has 94 valence electrons. The van der Waals surface area contributed by atoms with E-state index in [1.165, 1.54) is 4.90 Å². The lowest BCUT2D eigenvalue weighted by atomic mass is 9.95. The fourth-order valence-electron chi connectivity index (χ4n) is 1.49. The Kier molecular flexibility index (Phi) is 5.06. The maximum Gasteiger partial charge on any atom is 0.227 e. The molecule has 0 atom stereocenters. The fourth-order valence-corrected chi connectivity index (χ4v) is 2.44. The van der Waals surface area contributed by atoms with E-state index < -0.39 is 0 Å². The predicted octanol–water partition coefficient (Wildman–Crippen LogP) is 3.28. The van der Waals surface area contributed by atoms with E-state index in [4.69, 9.17) is 0 Å². The van der Waals surface area contributed by atoms with E-state index in [0.29, 0.717) is 0 Å². The average Bonchev–Trinajstić information content (AvgIpc) is 2.28. The molecule has 0 spiro atoms. The lowest BCUT2D eigenvalue weighted by molar-refractivity contribution is -0.137. The Morgan fingerprint density at radius 1 is 1.24 bits per heavy atom. The van der Waals surface area contributed by atoms with Gasteiger partial charge >= 0.3 is 0 Å². The molecule has 0 fully saturated rings. The molecule has 0 saturated heterocycles. The zero-order valence-electron chi connectivity index (χ0n) is 11.1. The molecule has 1 amide bonds. The molecule has 0 aromatic heterocycles. The van der Waals surface area contributed by atoms with E-state index in [0.717, 1.165) is 12.3 Å². The lowest BCUT2D eigenvalue weighted by Crippen LogP contribution is -2.37. The Hall–Kier alpha value is -0.960. The Morgan fingerprint density at radius 2 is 1.82 bits per heavy atom. The Labute approximate surface area is 108 Å². The van der Waals surface area contributed by atoms with Gasteiger partial charge in [-0.15, -0.1) is 11.8 Å². The van der Waals surface area contributed by atoms with Crippen molar-refractivity contribution in [2.24, 2.45) is 5.41 Å². The minimum atomic E-state index is -0.286.